The molecule has 7 nitrogen and oxygen atoms in total. The number of esters is 4. The number of hydrogen-bond donors (Lipinski definition) is 0. The number of cyclic esters (lactones) is 4. The first kappa shape index (κ1) is 22.0. The average molecular weight is 514 g/mol. The normalized spacial score (nSPS) is 16.9. The van der Waals surface area contributed by atoms with Gasteiger partial charge in [-0.15, -0.1) is 0 Å². The van der Waals surface area contributed by atoms with E-state index in [-0.39, 0.29) is 28.3 Å². The van der Waals surface area contributed by atoms with E-state index in [1.54, 1.807) is 24.3 Å². The Labute approximate surface area is 222 Å². The minimum absolute atomic E-state index is 0.107. The molecule has 4 aliphatic rings. The number of carbonyl (C=O) groups is 4. The van der Waals surface area contributed by atoms with Crippen LogP contribution in [-0.2, 0) is 14.9 Å². The van der Waals surface area contributed by atoms with E-state index in [1.165, 1.54) is 0 Å². The highest BCUT2D eigenvalue weighted by atomic mass is 16.6. The highest BCUT2D eigenvalue weighted by Crippen LogP contribution is 2.63. The Balaban J connectivity index is 1.61. The van der Waals surface area contributed by atoms with Crippen LogP contribution in [0, 0.1) is 0 Å². The van der Waals surface area contributed by atoms with Crippen molar-refractivity contribution < 1.29 is 28.7 Å². The molecule has 0 unspecified atom stereocenters. The molecule has 0 fully saturated rings. The maximum Gasteiger partial charge on any atom is 0.346 e. The van der Waals surface area contributed by atoms with E-state index in [2.05, 4.69) is 24.3 Å². The lowest BCUT2D eigenvalue weighted by molar-refractivity contribution is 0.0425. The molecule has 0 saturated carbocycles. The largest absolute Gasteiger partial charge is 0.386 e. The molecule has 7 heteroatoms. The maximum atomic E-state index is 12.8. The zero-order valence-electron chi connectivity index (χ0n) is 20.9. The fourth-order valence-corrected chi connectivity index (χ4v) is 6.89. The molecule has 0 bridgehead atoms. The summed E-state index contributed by atoms with van der Waals surface area (Å²) in [7, 11) is 0. The van der Waals surface area contributed by atoms with Crippen molar-refractivity contribution in [2.45, 2.75) is 25.3 Å². The molecule has 4 aromatic rings. The van der Waals surface area contributed by atoms with E-state index < -0.39 is 29.3 Å². The summed E-state index contributed by atoms with van der Waals surface area (Å²) >= 11 is 0. The number of nitrogens with zero attached hydrogens (tertiary/aromatic N) is 1. The molecule has 0 aromatic heterocycles. The van der Waals surface area contributed by atoms with Crippen molar-refractivity contribution in [3.05, 3.63) is 117 Å². The van der Waals surface area contributed by atoms with Crippen molar-refractivity contribution in [1.29, 1.82) is 0 Å². The van der Waals surface area contributed by atoms with Gasteiger partial charge in [0.15, 0.2) is 0 Å². The standard InChI is InChI=1S/C32H19NO6/c1-15(2)33-26-13-20-18(28(34)38-30(20)36)11-24(26)32(25-12-19-21(14-27(25)33)31(37)39-29(19)35)22-9-5-3-7-16(22)17-8-4-6-10-23(17)32/h3-15H,1-2H3. The van der Waals surface area contributed by atoms with Crippen LogP contribution in [0.4, 0.5) is 11.4 Å². The number of anilines is 2. The van der Waals surface area contributed by atoms with Crippen LogP contribution in [-0.4, -0.2) is 29.9 Å². The van der Waals surface area contributed by atoms with Crippen LogP contribution in [0.5, 0.6) is 0 Å². The number of ether oxygens (including phenoxy) is 2. The summed E-state index contributed by atoms with van der Waals surface area (Å²) in [6, 6.07) is 23.0. The molecule has 1 aliphatic carbocycles. The number of benzene rings is 4. The molecular weight excluding hydrogens is 494 g/mol. The first-order valence-corrected chi connectivity index (χ1v) is 12.7. The van der Waals surface area contributed by atoms with Crippen molar-refractivity contribution in [3.8, 4) is 11.1 Å². The van der Waals surface area contributed by atoms with E-state index in [0.717, 1.165) is 44.8 Å². The fourth-order valence-electron chi connectivity index (χ4n) is 6.89. The van der Waals surface area contributed by atoms with Gasteiger partial charge in [-0.2, -0.15) is 0 Å². The van der Waals surface area contributed by atoms with Gasteiger partial charge in [0.05, 0.1) is 27.7 Å². The molecule has 0 amide bonds. The summed E-state index contributed by atoms with van der Waals surface area (Å²) in [5, 5.41) is 0. The molecule has 1 spiro atoms. The molecule has 3 aliphatic heterocycles. The molecule has 0 N–H and O–H groups in total. The van der Waals surface area contributed by atoms with Crippen LogP contribution in [0.15, 0.2) is 72.8 Å². The third-order valence-electron chi connectivity index (χ3n) is 8.32. The molecule has 0 saturated heterocycles. The Morgan fingerprint density at radius 1 is 0.538 bits per heavy atom. The van der Waals surface area contributed by atoms with Crippen molar-refractivity contribution in [2.75, 3.05) is 4.90 Å². The zero-order chi connectivity index (χ0) is 26.8. The third kappa shape index (κ3) is 2.48. The van der Waals surface area contributed by atoms with Gasteiger partial charge in [-0.05, 0) is 71.5 Å². The van der Waals surface area contributed by atoms with E-state index in [9.17, 15) is 19.2 Å². The molecule has 0 radical (unpaired) electrons. The predicted molar refractivity (Wildman–Crippen MR) is 141 cm³/mol. The lowest BCUT2D eigenvalue weighted by atomic mass is 9.63. The fraction of sp³-hybridized carbons (Fsp3) is 0.125. The van der Waals surface area contributed by atoms with Gasteiger partial charge in [-0.3, -0.25) is 0 Å². The number of hydrogen-bond acceptors (Lipinski definition) is 7. The van der Waals surface area contributed by atoms with Gasteiger partial charge in [-0.25, -0.2) is 19.2 Å². The van der Waals surface area contributed by atoms with Crippen molar-refractivity contribution in [3.63, 3.8) is 0 Å². The van der Waals surface area contributed by atoms with Crippen molar-refractivity contribution in [2.24, 2.45) is 0 Å². The SMILES string of the molecule is CC(C)N1c2cc3c(cc2C2(c4ccccc4-c4ccccc42)c2cc4c(cc21)C(=O)OC4=O)C(=O)OC3=O. The zero-order valence-corrected chi connectivity index (χ0v) is 20.9. The van der Waals surface area contributed by atoms with Crippen LogP contribution >= 0.6 is 0 Å². The molecule has 188 valence electrons. The predicted octanol–water partition coefficient (Wildman–Crippen LogP) is 5.53. The second-order valence-corrected chi connectivity index (χ2v) is 10.5. The van der Waals surface area contributed by atoms with Crippen molar-refractivity contribution >= 4 is 35.3 Å². The van der Waals surface area contributed by atoms with Gasteiger partial charge in [0.1, 0.15) is 0 Å². The molecule has 0 atom stereocenters. The Morgan fingerprint density at radius 2 is 0.923 bits per heavy atom. The van der Waals surface area contributed by atoms with Crippen LogP contribution < -0.4 is 4.90 Å². The smallest absolute Gasteiger partial charge is 0.346 e. The van der Waals surface area contributed by atoms with E-state index in [0.29, 0.717) is 0 Å². The summed E-state index contributed by atoms with van der Waals surface area (Å²) in [6.45, 7) is 4.02. The first-order chi connectivity index (χ1) is 18.8. The van der Waals surface area contributed by atoms with E-state index in [4.69, 9.17) is 9.47 Å². The van der Waals surface area contributed by atoms with E-state index >= 15 is 0 Å². The minimum atomic E-state index is -0.939. The van der Waals surface area contributed by atoms with Crippen molar-refractivity contribution in [1.82, 2.24) is 0 Å². The Kier molecular flexibility index (Phi) is 3.99. The monoisotopic (exact) mass is 513 g/mol. The molecular formula is C32H19NO6. The average Bonchev–Trinajstić information content (AvgIpc) is 3.49. The number of carbonyl (C=O) groups excluding carboxylic acids is 4. The van der Waals surface area contributed by atoms with Crippen LogP contribution in [0.3, 0.4) is 0 Å². The van der Waals surface area contributed by atoms with Gasteiger partial charge in [0, 0.05) is 17.4 Å². The molecule has 3 heterocycles. The molecule has 8 rings (SSSR count). The topological polar surface area (TPSA) is 90.0 Å². The summed E-state index contributed by atoms with van der Waals surface area (Å²) < 4.78 is 10.0. The maximum absolute atomic E-state index is 12.8. The highest BCUT2D eigenvalue weighted by molar-refractivity contribution is 6.17. The van der Waals surface area contributed by atoms with E-state index in [1.807, 2.05) is 43.0 Å². The summed E-state index contributed by atoms with van der Waals surface area (Å²) in [4.78, 5) is 53.0. The highest BCUT2D eigenvalue weighted by Gasteiger charge is 2.54. The van der Waals surface area contributed by atoms with Crippen LogP contribution in [0.1, 0.15) is 77.5 Å². The quantitative estimate of drug-likeness (QED) is 0.215. The molecule has 4 aromatic carbocycles. The Morgan fingerprint density at radius 3 is 1.33 bits per heavy atom. The summed E-state index contributed by atoms with van der Waals surface area (Å²) in [6.07, 6.45) is 0. The molecule has 39 heavy (non-hydrogen) atoms. The Hall–Kier alpha value is -5.04. The van der Waals surface area contributed by atoms with Gasteiger partial charge in [0.25, 0.3) is 0 Å². The van der Waals surface area contributed by atoms with Crippen LogP contribution in [0.25, 0.3) is 11.1 Å². The van der Waals surface area contributed by atoms with Gasteiger partial charge >= 0.3 is 23.9 Å². The van der Waals surface area contributed by atoms with Gasteiger partial charge in [-0.1, -0.05) is 48.5 Å². The number of rotatable bonds is 1. The van der Waals surface area contributed by atoms with Gasteiger partial charge < -0.3 is 14.4 Å². The van der Waals surface area contributed by atoms with Gasteiger partial charge in [0.2, 0.25) is 0 Å². The second-order valence-electron chi connectivity index (χ2n) is 10.5. The second kappa shape index (κ2) is 7.08. The first-order valence-electron chi connectivity index (χ1n) is 12.7. The Bertz CT molecular complexity index is 1750. The third-order valence-corrected chi connectivity index (χ3v) is 8.32. The summed E-state index contributed by atoms with van der Waals surface area (Å²) in [5.41, 5.74) is 6.96. The van der Waals surface area contributed by atoms with Crippen LogP contribution in [0.2, 0.25) is 0 Å². The number of fused-ring (bicyclic) bond motifs is 11. The lowest BCUT2D eigenvalue weighted by Gasteiger charge is -2.46. The minimum Gasteiger partial charge on any atom is -0.386 e. The lowest BCUT2D eigenvalue weighted by Crippen LogP contribution is -2.40. The summed E-state index contributed by atoms with van der Waals surface area (Å²) in [5.74, 6) is -2.73.